The largest absolute Gasteiger partial charge is 0.325 e. The minimum Gasteiger partial charge on any atom is -0.325 e. The van der Waals surface area contributed by atoms with E-state index in [2.05, 4.69) is 4.98 Å². The molecule has 0 saturated heterocycles. The second kappa shape index (κ2) is 6.82. The first-order valence-corrected chi connectivity index (χ1v) is 7.66. The predicted molar refractivity (Wildman–Crippen MR) is 82.9 cm³/mol. The highest BCUT2D eigenvalue weighted by Gasteiger charge is 2.30. The molecule has 0 saturated carbocycles. The fraction of sp³-hybridized carbons (Fsp3) is 0.308. The Kier molecular flexibility index (Phi) is 5.80. The maximum atomic E-state index is 13.1. The summed E-state index contributed by atoms with van der Waals surface area (Å²) in [5.41, 5.74) is 6.00. The van der Waals surface area contributed by atoms with Crippen molar-refractivity contribution < 1.29 is 17.2 Å². The van der Waals surface area contributed by atoms with Crippen molar-refractivity contribution >= 4 is 33.3 Å². The van der Waals surface area contributed by atoms with Crippen molar-refractivity contribution in [1.29, 1.82) is 0 Å². The van der Waals surface area contributed by atoms with Crippen LogP contribution in [0, 0.1) is 6.92 Å². The van der Waals surface area contributed by atoms with Crippen molar-refractivity contribution in [2.24, 2.45) is 5.73 Å². The molecule has 0 amide bonds. The normalized spacial score (nSPS) is 12.2. The van der Waals surface area contributed by atoms with E-state index in [-0.39, 0.29) is 22.8 Å². The monoisotopic (exact) mass is 351 g/mol. The SMILES string of the molecule is Cc1cnc2c(S(=O)(=O)NCC(F)(F)CN)cccc2c1.Cl. The van der Waals surface area contributed by atoms with E-state index in [1.807, 2.05) is 11.6 Å². The van der Waals surface area contributed by atoms with Gasteiger partial charge in [0.2, 0.25) is 10.0 Å². The summed E-state index contributed by atoms with van der Waals surface area (Å²) in [5.74, 6) is -3.29. The van der Waals surface area contributed by atoms with Crippen LogP contribution in [-0.4, -0.2) is 32.4 Å². The molecule has 0 fully saturated rings. The lowest BCUT2D eigenvalue weighted by molar-refractivity contribution is 0.0170. The van der Waals surface area contributed by atoms with E-state index >= 15 is 0 Å². The third-order valence-corrected chi connectivity index (χ3v) is 4.35. The summed E-state index contributed by atoms with van der Waals surface area (Å²) in [7, 11) is -4.09. The molecule has 5 nitrogen and oxygen atoms in total. The molecule has 1 heterocycles. The van der Waals surface area contributed by atoms with Crippen LogP contribution in [0.15, 0.2) is 35.4 Å². The Morgan fingerprint density at radius 3 is 2.68 bits per heavy atom. The van der Waals surface area contributed by atoms with Gasteiger partial charge < -0.3 is 5.73 Å². The standard InChI is InChI=1S/C13H15F2N3O2S.ClH/c1-9-5-10-3-2-4-11(12(10)17-6-9)21(19,20)18-8-13(14,15)7-16;/h2-6,18H,7-8,16H2,1H3;1H. The van der Waals surface area contributed by atoms with Gasteiger partial charge >= 0.3 is 0 Å². The topological polar surface area (TPSA) is 85.1 Å². The number of aromatic nitrogens is 1. The Labute approximate surface area is 133 Å². The van der Waals surface area contributed by atoms with Gasteiger partial charge in [-0.1, -0.05) is 12.1 Å². The van der Waals surface area contributed by atoms with Crippen LogP contribution >= 0.6 is 12.4 Å². The fourth-order valence-electron chi connectivity index (χ4n) is 1.81. The average molecular weight is 352 g/mol. The maximum Gasteiger partial charge on any atom is 0.273 e. The number of pyridine rings is 1. The number of aryl methyl sites for hydroxylation is 1. The molecule has 1 aromatic carbocycles. The van der Waals surface area contributed by atoms with Gasteiger partial charge in [-0.2, -0.15) is 0 Å². The Morgan fingerprint density at radius 1 is 1.36 bits per heavy atom. The van der Waals surface area contributed by atoms with Crippen LogP contribution in [0.2, 0.25) is 0 Å². The van der Waals surface area contributed by atoms with Crippen LogP contribution < -0.4 is 10.5 Å². The molecular formula is C13H16ClF2N3O2S. The summed E-state index contributed by atoms with van der Waals surface area (Å²) >= 11 is 0. The van der Waals surface area contributed by atoms with Crippen LogP contribution in [0.1, 0.15) is 5.56 Å². The van der Waals surface area contributed by atoms with Crippen molar-refractivity contribution in [2.75, 3.05) is 13.1 Å². The lowest BCUT2D eigenvalue weighted by Gasteiger charge is -2.15. The van der Waals surface area contributed by atoms with Gasteiger partial charge in [0.05, 0.1) is 18.6 Å². The molecule has 0 bridgehead atoms. The number of halogens is 3. The number of nitrogens with one attached hydrogen (secondary N) is 1. The molecule has 0 spiro atoms. The number of para-hydroxylation sites is 1. The summed E-state index contributed by atoms with van der Waals surface area (Å²) in [5, 5.41) is 0.628. The molecule has 0 aliphatic rings. The number of rotatable bonds is 5. The molecule has 22 heavy (non-hydrogen) atoms. The molecule has 9 heteroatoms. The van der Waals surface area contributed by atoms with Crippen molar-refractivity contribution in [2.45, 2.75) is 17.7 Å². The summed E-state index contributed by atoms with van der Waals surface area (Å²) in [4.78, 5) is 3.95. The van der Waals surface area contributed by atoms with Gasteiger partial charge in [0, 0.05) is 11.6 Å². The first kappa shape index (κ1) is 18.7. The van der Waals surface area contributed by atoms with E-state index < -0.39 is 29.0 Å². The summed E-state index contributed by atoms with van der Waals surface area (Å²) < 4.78 is 52.4. The van der Waals surface area contributed by atoms with E-state index in [9.17, 15) is 17.2 Å². The minimum absolute atomic E-state index is 0. The number of hydrogen-bond donors (Lipinski definition) is 2. The highest BCUT2D eigenvalue weighted by molar-refractivity contribution is 7.89. The Morgan fingerprint density at radius 2 is 2.05 bits per heavy atom. The highest BCUT2D eigenvalue weighted by Crippen LogP contribution is 2.22. The van der Waals surface area contributed by atoms with E-state index in [0.29, 0.717) is 5.39 Å². The highest BCUT2D eigenvalue weighted by atomic mass is 35.5. The van der Waals surface area contributed by atoms with Crippen LogP contribution in [0.4, 0.5) is 8.78 Å². The predicted octanol–water partition coefficient (Wildman–Crippen LogP) is 1.84. The zero-order valence-electron chi connectivity index (χ0n) is 11.7. The number of nitrogens with two attached hydrogens (primary N) is 1. The summed E-state index contributed by atoms with van der Waals surface area (Å²) in [6.07, 6.45) is 1.52. The molecule has 0 radical (unpaired) electrons. The first-order valence-electron chi connectivity index (χ1n) is 6.18. The second-order valence-corrected chi connectivity index (χ2v) is 6.46. The minimum atomic E-state index is -4.09. The van der Waals surface area contributed by atoms with E-state index in [1.165, 1.54) is 12.3 Å². The molecule has 0 aliphatic heterocycles. The smallest absolute Gasteiger partial charge is 0.273 e. The molecule has 122 valence electrons. The van der Waals surface area contributed by atoms with Gasteiger partial charge in [-0.3, -0.25) is 4.98 Å². The second-order valence-electron chi connectivity index (χ2n) is 4.73. The van der Waals surface area contributed by atoms with Crippen LogP contribution in [0.25, 0.3) is 10.9 Å². The van der Waals surface area contributed by atoms with Gasteiger partial charge in [-0.15, -0.1) is 12.4 Å². The summed E-state index contributed by atoms with van der Waals surface area (Å²) in [6, 6.07) is 6.35. The maximum absolute atomic E-state index is 13.1. The molecule has 3 N–H and O–H groups in total. The lowest BCUT2D eigenvalue weighted by atomic mass is 10.2. The van der Waals surface area contributed by atoms with Gasteiger partial charge in [0.15, 0.2) is 0 Å². The first-order chi connectivity index (χ1) is 9.75. The van der Waals surface area contributed by atoms with Gasteiger partial charge in [-0.25, -0.2) is 21.9 Å². The van der Waals surface area contributed by atoms with Crippen molar-refractivity contribution in [3.05, 3.63) is 36.0 Å². The number of hydrogen-bond acceptors (Lipinski definition) is 4. The van der Waals surface area contributed by atoms with Crippen LogP contribution in [0.3, 0.4) is 0 Å². The van der Waals surface area contributed by atoms with E-state index in [1.54, 1.807) is 18.2 Å². The molecule has 2 rings (SSSR count). The molecule has 2 aromatic rings. The van der Waals surface area contributed by atoms with Crippen LogP contribution in [0.5, 0.6) is 0 Å². The lowest BCUT2D eigenvalue weighted by Crippen LogP contribution is -2.41. The van der Waals surface area contributed by atoms with Gasteiger partial charge in [0.25, 0.3) is 5.92 Å². The van der Waals surface area contributed by atoms with Crippen molar-refractivity contribution in [3.63, 3.8) is 0 Å². The quantitative estimate of drug-likeness (QED) is 0.860. The third kappa shape index (κ3) is 4.10. The van der Waals surface area contributed by atoms with Gasteiger partial charge in [-0.05, 0) is 24.6 Å². The average Bonchev–Trinajstić information content (AvgIpc) is 2.44. The van der Waals surface area contributed by atoms with Gasteiger partial charge in [0.1, 0.15) is 4.90 Å². The zero-order valence-corrected chi connectivity index (χ0v) is 13.3. The van der Waals surface area contributed by atoms with E-state index in [0.717, 1.165) is 5.56 Å². The molecule has 0 aliphatic carbocycles. The molecule has 0 unspecified atom stereocenters. The number of nitrogens with zero attached hydrogens (tertiary/aromatic N) is 1. The Hall–Kier alpha value is -1.35. The fourth-order valence-corrected chi connectivity index (χ4v) is 3.05. The number of fused-ring (bicyclic) bond motifs is 1. The van der Waals surface area contributed by atoms with E-state index in [4.69, 9.17) is 5.73 Å². The number of alkyl halides is 2. The molecule has 1 aromatic heterocycles. The molecule has 0 atom stereocenters. The van der Waals surface area contributed by atoms with Crippen molar-refractivity contribution in [3.8, 4) is 0 Å². The van der Waals surface area contributed by atoms with Crippen LogP contribution in [-0.2, 0) is 10.0 Å². The third-order valence-electron chi connectivity index (χ3n) is 2.92. The molecular weight excluding hydrogens is 336 g/mol. The summed E-state index contributed by atoms with van der Waals surface area (Å²) in [6.45, 7) is -0.149. The van der Waals surface area contributed by atoms with Crippen molar-refractivity contribution in [1.82, 2.24) is 9.71 Å². The number of sulfonamides is 1. The Balaban J connectivity index is 0.00000242. The zero-order chi connectivity index (χ0) is 15.7. The Bertz CT molecular complexity index is 769. The number of benzene rings is 1.